The molecule has 1 saturated carbocycles. The summed E-state index contributed by atoms with van der Waals surface area (Å²) in [6.45, 7) is 2.45. The lowest BCUT2D eigenvalue weighted by Gasteiger charge is -2.42. The lowest BCUT2D eigenvalue weighted by atomic mass is 9.76. The Kier molecular flexibility index (Phi) is 5.47. The van der Waals surface area contributed by atoms with Gasteiger partial charge in [0.05, 0.1) is 22.6 Å². The third-order valence-corrected chi connectivity index (χ3v) is 4.95. The van der Waals surface area contributed by atoms with Crippen LogP contribution in [0.3, 0.4) is 0 Å². The van der Waals surface area contributed by atoms with E-state index >= 15 is 0 Å². The van der Waals surface area contributed by atoms with E-state index in [1.165, 1.54) is 6.42 Å². The highest BCUT2D eigenvalue weighted by Gasteiger charge is 2.39. The molecule has 0 bridgehead atoms. The van der Waals surface area contributed by atoms with Crippen molar-refractivity contribution in [3.05, 3.63) is 27.7 Å². The third kappa shape index (κ3) is 3.36. The topological polar surface area (TPSA) is 18.5 Å². The average Bonchev–Trinajstić information content (AvgIpc) is 2.38. The highest BCUT2D eigenvalue weighted by Crippen LogP contribution is 2.46. The number of methoxy groups -OCH3 is 1. The van der Waals surface area contributed by atoms with Crippen molar-refractivity contribution in [3.63, 3.8) is 0 Å². The number of hydrogen-bond donors (Lipinski definition) is 0. The predicted octanol–water partition coefficient (Wildman–Crippen LogP) is 5.63. The quantitative estimate of drug-likeness (QED) is 0.626. The van der Waals surface area contributed by atoms with Crippen LogP contribution in [0.15, 0.2) is 12.1 Å². The summed E-state index contributed by atoms with van der Waals surface area (Å²) in [5.74, 6) is 0.594. The molecule has 1 aliphatic carbocycles. The second-order valence-electron chi connectivity index (χ2n) is 5.15. The van der Waals surface area contributed by atoms with E-state index in [0.717, 1.165) is 24.8 Å². The van der Waals surface area contributed by atoms with Crippen molar-refractivity contribution in [2.45, 2.75) is 43.6 Å². The van der Waals surface area contributed by atoms with Crippen molar-refractivity contribution in [1.29, 1.82) is 0 Å². The van der Waals surface area contributed by atoms with Crippen molar-refractivity contribution >= 4 is 34.8 Å². The Morgan fingerprint density at radius 1 is 1.25 bits per heavy atom. The van der Waals surface area contributed by atoms with Crippen LogP contribution in [0.4, 0.5) is 0 Å². The van der Waals surface area contributed by atoms with Crippen LogP contribution in [0.1, 0.15) is 43.5 Å². The minimum Gasteiger partial charge on any atom is -0.492 e. The van der Waals surface area contributed by atoms with Gasteiger partial charge < -0.3 is 9.47 Å². The maximum absolute atomic E-state index is 6.52. The van der Waals surface area contributed by atoms with Crippen molar-refractivity contribution in [3.8, 4) is 5.75 Å². The molecule has 0 aromatic heterocycles. The second kappa shape index (κ2) is 6.74. The van der Waals surface area contributed by atoms with Crippen LogP contribution >= 0.6 is 34.8 Å². The fourth-order valence-corrected chi connectivity index (χ4v) is 3.58. The molecule has 0 spiro atoms. The summed E-state index contributed by atoms with van der Waals surface area (Å²) in [5, 5.41) is 0.913. The number of rotatable bonds is 6. The van der Waals surface area contributed by atoms with Gasteiger partial charge in [0.25, 0.3) is 0 Å². The van der Waals surface area contributed by atoms with Crippen LogP contribution in [0.25, 0.3) is 0 Å². The van der Waals surface area contributed by atoms with Gasteiger partial charge in [-0.2, -0.15) is 0 Å². The first-order valence-electron chi connectivity index (χ1n) is 6.82. The van der Waals surface area contributed by atoms with E-state index in [1.54, 1.807) is 19.2 Å². The summed E-state index contributed by atoms with van der Waals surface area (Å²) in [6, 6.07) is 3.53. The zero-order valence-corrected chi connectivity index (χ0v) is 14.0. The summed E-state index contributed by atoms with van der Waals surface area (Å²) in [7, 11) is 1.75. The molecule has 0 heterocycles. The van der Waals surface area contributed by atoms with Crippen LogP contribution in [-0.4, -0.2) is 19.3 Å². The molecule has 2 nitrogen and oxygen atoms in total. The number of ether oxygens (including phenoxy) is 2. The van der Waals surface area contributed by atoms with Gasteiger partial charge in [0, 0.05) is 18.2 Å². The van der Waals surface area contributed by atoms with Gasteiger partial charge in [0.2, 0.25) is 0 Å². The summed E-state index contributed by atoms with van der Waals surface area (Å²) < 4.78 is 11.0. The molecule has 1 aliphatic rings. The van der Waals surface area contributed by atoms with Gasteiger partial charge in [-0.1, -0.05) is 23.2 Å². The molecule has 1 unspecified atom stereocenters. The normalized spacial score (nSPS) is 18.4. The summed E-state index contributed by atoms with van der Waals surface area (Å²) >= 11 is 19.0. The Labute approximate surface area is 135 Å². The Bertz CT molecular complexity index is 467. The van der Waals surface area contributed by atoms with E-state index in [9.17, 15) is 0 Å². The minimum atomic E-state index is -0.212. The van der Waals surface area contributed by atoms with Gasteiger partial charge in [0.15, 0.2) is 0 Å². The molecule has 0 aliphatic heterocycles. The zero-order chi connectivity index (χ0) is 14.8. The van der Waals surface area contributed by atoms with Crippen LogP contribution in [0.5, 0.6) is 5.75 Å². The molecule has 0 radical (unpaired) electrons. The van der Waals surface area contributed by atoms with E-state index < -0.39 is 0 Å². The molecule has 112 valence electrons. The largest absolute Gasteiger partial charge is 0.492 e. The van der Waals surface area contributed by atoms with E-state index in [2.05, 4.69) is 0 Å². The minimum absolute atomic E-state index is 0.0964. The molecular weight excluding hydrogens is 319 g/mol. The predicted molar refractivity (Wildman–Crippen MR) is 84.4 cm³/mol. The van der Waals surface area contributed by atoms with E-state index in [-0.39, 0.29) is 11.0 Å². The Hall–Kier alpha value is -0.150. The Balaban J connectivity index is 2.17. The molecule has 1 aromatic rings. The molecule has 0 N–H and O–H groups in total. The fraction of sp³-hybridized carbons (Fsp3) is 0.600. The first kappa shape index (κ1) is 16.2. The summed E-state index contributed by atoms with van der Waals surface area (Å²) in [5.41, 5.74) is 0.742. The maximum atomic E-state index is 6.52. The zero-order valence-electron chi connectivity index (χ0n) is 11.7. The van der Waals surface area contributed by atoms with E-state index in [0.29, 0.717) is 22.4 Å². The number of alkyl halides is 1. The monoisotopic (exact) mass is 336 g/mol. The first-order valence-corrected chi connectivity index (χ1v) is 8.01. The number of halogens is 3. The van der Waals surface area contributed by atoms with Crippen LogP contribution in [0.2, 0.25) is 10.0 Å². The third-order valence-electron chi connectivity index (χ3n) is 3.94. The van der Waals surface area contributed by atoms with Gasteiger partial charge in [-0.15, -0.1) is 11.6 Å². The highest BCUT2D eigenvalue weighted by molar-refractivity contribution is 6.35. The van der Waals surface area contributed by atoms with Gasteiger partial charge in [-0.05, 0) is 44.2 Å². The Morgan fingerprint density at radius 3 is 2.45 bits per heavy atom. The van der Waals surface area contributed by atoms with Crippen LogP contribution in [0, 0.1) is 0 Å². The van der Waals surface area contributed by atoms with Gasteiger partial charge >= 0.3 is 0 Å². The van der Waals surface area contributed by atoms with Gasteiger partial charge in [0.1, 0.15) is 5.75 Å². The van der Waals surface area contributed by atoms with Gasteiger partial charge in [-0.25, -0.2) is 0 Å². The standard InChI is InChI=1S/C15H19Cl3O2/c1-3-20-14-8-11(16)10(7-12(14)17)13(18)9-15(19-2)5-4-6-15/h7-8,13H,3-6,9H2,1-2H3. The molecule has 0 saturated heterocycles. The summed E-state index contributed by atoms with van der Waals surface area (Å²) in [4.78, 5) is 0. The molecule has 1 atom stereocenters. The average molecular weight is 338 g/mol. The van der Waals surface area contributed by atoms with Crippen LogP contribution < -0.4 is 4.74 Å². The number of hydrogen-bond acceptors (Lipinski definition) is 2. The lowest BCUT2D eigenvalue weighted by Crippen LogP contribution is -2.39. The fourth-order valence-electron chi connectivity index (χ4n) is 2.55. The number of benzene rings is 1. The molecule has 5 heteroatoms. The second-order valence-corrected chi connectivity index (χ2v) is 6.49. The van der Waals surface area contributed by atoms with Crippen LogP contribution in [-0.2, 0) is 4.74 Å². The summed E-state index contributed by atoms with van der Waals surface area (Å²) in [6.07, 6.45) is 4.04. The van der Waals surface area contributed by atoms with E-state index in [1.807, 2.05) is 6.92 Å². The van der Waals surface area contributed by atoms with Gasteiger partial charge in [-0.3, -0.25) is 0 Å². The van der Waals surface area contributed by atoms with Crippen molar-refractivity contribution in [2.75, 3.05) is 13.7 Å². The molecule has 20 heavy (non-hydrogen) atoms. The molecular formula is C15H19Cl3O2. The molecule has 1 aromatic carbocycles. The smallest absolute Gasteiger partial charge is 0.139 e. The molecule has 0 amide bonds. The van der Waals surface area contributed by atoms with Crippen molar-refractivity contribution in [2.24, 2.45) is 0 Å². The lowest BCUT2D eigenvalue weighted by molar-refractivity contribution is -0.0780. The Morgan fingerprint density at radius 2 is 1.95 bits per heavy atom. The molecule has 1 fully saturated rings. The first-order chi connectivity index (χ1) is 9.51. The van der Waals surface area contributed by atoms with Crippen molar-refractivity contribution in [1.82, 2.24) is 0 Å². The maximum Gasteiger partial charge on any atom is 0.139 e. The SMILES string of the molecule is CCOc1cc(Cl)c(C(Cl)CC2(OC)CCC2)cc1Cl. The van der Waals surface area contributed by atoms with Crippen molar-refractivity contribution < 1.29 is 9.47 Å². The molecule has 2 rings (SSSR count). The highest BCUT2D eigenvalue weighted by atomic mass is 35.5. The van der Waals surface area contributed by atoms with E-state index in [4.69, 9.17) is 44.3 Å².